The summed E-state index contributed by atoms with van der Waals surface area (Å²) in [5, 5.41) is 0. The highest BCUT2D eigenvalue weighted by Gasteiger charge is 2.21. The quantitative estimate of drug-likeness (QED) is 0.611. The molecule has 0 aromatic heterocycles. The van der Waals surface area contributed by atoms with Gasteiger partial charge in [-0.15, -0.1) is 6.58 Å². The maximum absolute atomic E-state index is 5.65. The van der Waals surface area contributed by atoms with Crippen molar-refractivity contribution in [1.82, 2.24) is 0 Å². The van der Waals surface area contributed by atoms with Gasteiger partial charge in [0, 0.05) is 11.5 Å². The van der Waals surface area contributed by atoms with Gasteiger partial charge in [0.1, 0.15) is 5.75 Å². The highest BCUT2D eigenvalue weighted by atomic mass is 16.5. The van der Waals surface area contributed by atoms with Crippen LogP contribution in [0.3, 0.4) is 0 Å². The van der Waals surface area contributed by atoms with E-state index in [1.54, 1.807) is 0 Å². The Morgan fingerprint density at radius 3 is 2.93 bits per heavy atom. The molecular weight excluding hydrogens is 172 g/mol. The van der Waals surface area contributed by atoms with Gasteiger partial charge >= 0.3 is 0 Å². The molecule has 1 aromatic carbocycles. The second-order valence-corrected chi connectivity index (χ2v) is 3.39. The number of fused-ring (bicyclic) bond motifs is 1. The molecule has 1 heterocycles. The van der Waals surface area contributed by atoms with Gasteiger partial charge in [0.25, 0.3) is 0 Å². The summed E-state index contributed by atoms with van der Waals surface area (Å²) < 4.78 is 5.65. The van der Waals surface area contributed by atoms with Crippen molar-refractivity contribution in [2.24, 2.45) is 5.92 Å². The van der Waals surface area contributed by atoms with Gasteiger partial charge in [-0.2, -0.15) is 0 Å². The Bertz CT molecular complexity index is 377. The van der Waals surface area contributed by atoms with Gasteiger partial charge in [-0.1, -0.05) is 30.4 Å². The van der Waals surface area contributed by atoms with Crippen molar-refractivity contribution in [3.05, 3.63) is 48.6 Å². The van der Waals surface area contributed by atoms with Crippen LogP contribution in [0.5, 0.6) is 5.75 Å². The Hall–Kier alpha value is -1.50. The zero-order valence-electron chi connectivity index (χ0n) is 8.36. The zero-order chi connectivity index (χ0) is 9.97. The van der Waals surface area contributed by atoms with E-state index in [4.69, 9.17) is 4.74 Å². The van der Waals surface area contributed by atoms with Crippen molar-refractivity contribution in [2.75, 3.05) is 6.61 Å². The summed E-state index contributed by atoms with van der Waals surface area (Å²) in [4.78, 5) is 0. The van der Waals surface area contributed by atoms with Crippen LogP contribution in [0.4, 0.5) is 0 Å². The Labute approximate surface area is 84.7 Å². The molecule has 0 N–H and O–H groups in total. The van der Waals surface area contributed by atoms with Crippen LogP contribution >= 0.6 is 0 Å². The molecule has 0 aliphatic carbocycles. The smallest absolute Gasteiger partial charge is 0.126 e. The van der Waals surface area contributed by atoms with Gasteiger partial charge in [-0.25, -0.2) is 0 Å². The average molecular weight is 186 g/mol. The number of hydrogen-bond acceptors (Lipinski definition) is 1. The first-order valence-corrected chi connectivity index (χ1v) is 4.87. The summed E-state index contributed by atoms with van der Waals surface area (Å²) in [5.74, 6) is 1.31. The Morgan fingerprint density at radius 1 is 1.43 bits per heavy atom. The monoisotopic (exact) mass is 186 g/mol. The molecule has 0 fully saturated rings. The maximum Gasteiger partial charge on any atom is 0.126 e. The predicted octanol–water partition coefficient (Wildman–Crippen LogP) is 3.28. The molecule has 1 aromatic rings. The van der Waals surface area contributed by atoms with E-state index in [1.807, 2.05) is 24.3 Å². The minimum absolute atomic E-state index is 0.329. The largest absolute Gasteiger partial charge is 0.492 e. The Morgan fingerprint density at radius 2 is 2.21 bits per heavy atom. The van der Waals surface area contributed by atoms with Crippen LogP contribution < -0.4 is 4.74 Å². The van der Waals surface area contributed by atoms with E-state index >= 15 is 0 Å². The molecule has 1 aliphatic rings. The Kier molecular flexibility index (Phi) is 2.40. The number of ether oxygens (including phenoxy) is 1. The summed E-state index contributed by atoms with van der Waals surface area (Å²) in [6.45, 7) is 6.61. The van der Waals surface area contributed by atoms with E-state index in [2.05, 4.69) is 25.6 Å². The van der Waals surface area contributed by atoms with Crippen LogP contribution in [0.2, 0.25) is 0 Å². The average Bonchev–Trinajstić information content (AvgIpc) is 2.27. The van der Waals surface area contributed by atoms with Gasteiger partial charge in [-0.3, -0.25) is 0 Å². The van der Waals surface area contributed by atoms with Crippen molar-refractivity contribution in [1.29, 1.82) is 0 Å². The number of rotatable bonds is 1. The fourth-order valence-corrected chi connectivity index (χ4v) is 1.86. The molecule has 14 heavy (non-hydrogen) atoms. The van der Waals surface area contributed by atoms with Gasteiger partial charge < -0.3 is 4.74 Å². The topological polar surface area (TPSA) is 9.23 Å². The van der Waals surface area contributed by atoms with Crippen molar-refractivity contribution >= 4 is 5.57 Å². The first-order valence-electron chi connectivity index (χ1n) is 4.87. The molecule has 0 spiro atoms. The molecule has 0 saturated heterocycles. The van der Waals surface area contributed by atoms with E-state index in [1.165, 1.54) is 11.1 Å². The minimum atomic E-state index is 0.329. The minimum Gasteiger partial charge on any atom is -0.492 e. The molecule has 0 saturated carbocycles. The molecule has 1 heteroatoms. The normalized spacial score (nSPS) is 22.6. The first-order chi connectivity index (χ1) is 6.86. The SMILES string of the molecule is C=C[C@@H]1COc2ccccc2/C1=C/C. The summed E-state index contributed by atoms with van der Waals surface area (Å²) in [6, 6.07) is 8.15. The molecule has 72 valence electrons. The highest BCUT2D eigenvalue weighted by molar-refractivity contribution is 5.74. The Balaban J connectivity index is 2.50. The maximum atomic E-state index is 5.65. The second kappa shape index (κ2) is 3.70. The summed E-state index contributed by atoms with van der Waals surface area (Å²) >= 11 is 0. The summed E-state index contributed by atoms with van der Waals surface area (Å²) in [6.07, 6.45) is 4.10. The third-order valence-electron chi connectivity index (χ3n) is 2.61. The van der Waals surface area contributed by atoms with Crippen LogP contribution in [0.15, 0.2) is 43.0 Å². The van der Waals surface area contributed by atoms with Crippen molar-refractivity contribution in [3.63, 3.8) is 0 Å². The van der Waals surface area contributed by atoms with E-state index < -0.39 is 0 Å². The van der Waals surface area contributed by atoms with Gasteiger partial charge in [0.2, 0.25) is 0 Å². The van der Waals surface area contributed by atoms with Crippen LogP contribution in [0, 0.1) is 5.92 Å². The molecular formula is C13H14O. The van der Waals surface area contributed by atoms with E-state index in [9.17, 15) is 0 Å². The van der Waals surface area contributed by atoms with E-state index in [-0.39, 0.29) is 0 Å². The van der Waals surface area contributed by atoms with E-state index in [0.29, 0.717) is 12.5 Å². The number of benzene rings is 1. The second-order valence-electron chi connectivity index (χ2n) is 3.39. The predicted molar refractivity (Wildman–Crippen MR) is 59.3 cm³/mol. The highest BCUT2D eigenvalue weighted by Crippen LogP contribution is 2.36. The van der Waals surface area contributed by atoms with Crippen LogP contribution in [-0.4, -0.2) is 6.61 Å². The van der Waals surface area contributed by atoms with E-state index in [0.717, 1.165) is 5.75 Å². The molecule has 0 bridgehead atoms. The number of hydrogen-bond donors (Lipinski definition) is 0. The lowest BCUT2D eigenvalue weighted by Crippen LogP contribution is -2.17. The van der Waals surface area contributed by atoms with Crippen LogP contribution in [0.25, 0.3) is 5.57 Å². The third kappa shape index (κ3) is 1.35. The summed E-state index contributed by atoms with van der Waals surface area (Å²) in [5.41, 5.74) is 2.52. The van der Waals surface area contributed by atoms with Gasteiger partial charge in [0.15, 0.2) is 0 Å². The zero-order valence-corrected chi connectivity index (χ0v) is 8.36. The fourth-order valence-electron chi connectivity index (χ4n) is 1.86. The molecule has 0 unspecified atom stereocenters. The van der Waals surface area contributed by atoms with Crippen molar-refractivity contribution in [2.45, 2.75) is 6.92 Å². The lowest BCUT2D eigenvalue weighted by atomic mass is 9.90. The van der Waals surface area contributed by atoms with Crippen LogP contribution in [-0.2, 0) is 0 Å². The first kappa shape index (κ1) is 9.07. The molecule has 0 amide bonds. The third-order valence-corrected chi connectivity index (χ3v) is 2.61. The number of para-hydroxylation sites is 1. The molecule has 1 nitrogen and oxygen atoms in total. The summed E-state index contributed by atoms with van der Waals surface area (Å²) in [7, 11) is 0. The molecule has 0 radical (unpaired) electrons. The number of allylic oxidation sites excluding steroid dienone is 1. The lowest BCUT2D eigenvalue weighted by Gasteiger charge is -2.25. The lowest BCUT2D eigenvalue weighted by molar-refractivity contribution is 0.288. The standard InChI is InChI=1S/C13H14O/c1-3-10-9-14-13-8-6-5-7-12(13)11(10)4-2/h3-8,10H,1,9H2,2H3/b11-4+/t10-/m1/s1. The van der Waals surface area contributed by atoms with Crippen molar-refractivity contribution < 1.29 is 4.74 Å². The molecule has 1 atom stereocenters. The molecule has 2 rings (SSSR count). The van der Waals surface area contributed by atoms with Crippen LogP contribution in [0.1, 0.15) is 12.5 Å². The molecule has 1 aliphatic heterocycles. The van der Waals surface area contributed by atoms with Gasteiger partial charge in [-0.05, 0) is 18.6 Å². The van der Waals surface area contributed by atoms with Crippen molar-refractivity contribution in [3.8, 4) is 5.75 Å². The fraction of sp³-hybridized carbons (Fsp3) is 0.231. The van der Waals surface area contributed by atoms with Gasteiger partial charge in [0.05, 0.1) is 6.61 Å².